The summed E-state index contributed by atoms with van der Waals surface area (Å²) in [6.45, 7) is 0. The summed E-state index contributed by atoms with van der Waals surface area (Å²) in [5.41, 5.74) is 1.27. The third-order valence-corrected chi connectivity index (χ3v) is 4.56. The van der Waals surface area contributed by atoms with Crippen LogP contribution >= 0.6 is 39.1 Å². The van der Waals surface area contributed by atoms with Crippen molar-refractivity contribution in [3.05, 3.63) is 68.3 Å². The fourth-order valence-electron chi connectivity index (χ4n) is 2.03. The highest BCUT2D eigenvalue weighted by Gasteiger charge is 2.17. The third kappa shape index (κ3) is 2.47. The zero-order valence-corrected chi connectivity index (χ0v) is 13.2. The van der Waals surface area contributed by atoms with Crippen molar-refractivity contribution in [2.45, 2.75) is 6.10 Å². The molecule has 102 valence electrons. The van der Waals surface area contributed by atoms with Crippen LogP contribution in [0.2, 0.25) is 10.0 Å². The molecule has 0 fully saturated rings. The Balaban J connectivity index is 2.05. The average molecular weight is 372 g/mol. The number of benzene rings is 2. The van der Waals surface area contributed by atoms with Gasteiger partial charge in [0.2, 0.25) is 0 Å². The van der Waals surface area contributed by atoms with Crippen LogP contribution in [0.3, 0.4) is 0 Å². The second-order valence-corrected chi connectivity index (χ2v) is 6.05. The van der Waals surface area contributed by atoms with Crippen LogP contribution in [0, 0.1) is 0 Å². The number of hydrogen-bond donors (Lipinski definition) is 1. The Labute approximate surface area is 134 Å². The van der Waals surface area contributed by atoms with Gasteiger partial charge in [-0.15, -0.1) is 0 Å². The maximum Gasteiger partial charge on any atom is 0.153 e. The molecule has 20 heavy (non-hydrogen) atoms. The summed E-state index contributed by atoms with van der Waals surface area (Å²) in [7, 11) is 0. The lowest BCUT2D eigenvalue weighted by Gasteiger charge is -2.09. The molecule has 1 N–H and O–H groups in total. The Morgan fingerprint density at radius 2 is 1.85 bits per heavy atom. The molecule has 1 atom stereocenters. The summed E-state index contributed by atoms with van der Waals surface area (Å²) >= 11 is 15.4. The standard InChI is InChI=1S/C15H9BrCl2O2/c16-10-6-8(4-5-11(10)17)14(19)13-7-9-2-1-3-12(18)15(9)20-13/h1-7,14,19H. The van der Waals surface area contributed by atoms with E-state index >= 15 is 0 Å². The molecule has 0 saturated heterocycles. The Bertz CT molecular complexity index is 783. The van der Waals surface area contributed by atoms with Crippen molar-refractivity contribution in [3.63, 3.8) is 0 Å². The summed E-state index contributed by atoms with van der Waals surface area (Å²) < 4.78 is 6.38. The van der Waals surface area contributed by atoms with Crippen LogP contribution in [0.25, 0.3) is 11.0 Å². The number of fused-ring (bicyclic) bond motifs is 1. The summed E-state index contributed by atoms with van der Waals surface area (Å²) in [5, 5.41) is 12.4. The van der Waals surface area contributed by atoms with E-state index in [0.29, 0.717) is 27.0 Å². The lowest BCUT2D eigenvalue weighted by Crippen LogP contribution is -1.97. The number of rotatable bonds is 2. The molecule has 3 rings (SSSR count). The zero-order chi connectivity index (χ0) is 14.3. The van der Waals surface area contributed by atoms with Crippen molar-refractivity contribution in [1.29, 1.82) is 0 Å². The molecule has 1 aromatic heterocycles. The first kappa shape index (κ1) is 14.0. The van der Waals surface area contributed by atoms with Gasteiger partial charge in [0.25, 0.3) is 0 Å². The number of para-hydroxylation sites is 1. The summed E-state index contributed by atoms with van der Waals surface area (Å²) in [4.78, 5) is 0. The van der Waals surface area contributed by atoms with E-state index < -0.39 is 6.10 Å². The Kier molecular flexibility index (Phi) is 3.78. The highest BCUT2D eigenvalue weighted by Crippen LogP contribution is 2.33. The van der Waals surface area contributed by atoms with Crippen molar-refractivity contribution in [1.82, 2.24) is 0 Å². The Morgan fingerprint density at radius 1 is 1.05 bits per heavy atom. The fourth-order valence-corrected chi connectivity index (χ4v) is 2.76. The van der Waals surface area contributed by atoms with E-state index in [-0.39, 0.29) is 0 Å². The highest BCUT2D eigenvalue weighted by atomic mass is 79.9. The first-order valence-corrected chi connectivity index (χ1v) is 7.42. The lowest BCUT2D eigenvalue weighted by atomic mass is 10.1. The monoisotopic (exact) mass is 370 g/mol. The molecule has 0 aliphatic carbocycles. The van der Waals surface area contributed by atoms with E-state index in [1.54, 1.807) is 30.3 Å². The minimum absolute atomic E-state index is 0.447. The van der Waals surface area contributed by atoms with E-state index in [1.807, 2.05) is 12.1 Å². The molecular weight excluding hydrogens is 363 g/mol. The van der Waals surface area contributed by atoms with Crippen molar-refractivity contribution < 1.29 is 9.52 Å². The maximum atomic E-state index is 10.4. The lowest BCUT2D eigenvalue weighted by molar-refractivity contribution is 0.192. The average Bonchev–Trinajstić information content (AvgIpc) is 2.86. The van der Waals surface area contributed by atoms with Crippen LogP contribution in [0.1, 0.15) is 17.4 Å². The van der Waals surface area contributed by atoms with Gasteiger partial charge in [0, 0.05) is 9.86 Å². The van der Waals surface area contributed by atoms with Crippen LogP contribution in [0.4, 0.5) is 0 Å². The summed E-state index contributed by atoms with van der Waals surface area (Å²) in [5.74, 6) is 0.447. The van der Waals surface area contributed by atoms with Crippen molar-refractivity contribution in [2.24, 2.45) is 0 Å². The van der Waals surface area contributed by atoms with Gasteiger partial charge in [0.1, 0.15) is 11.9 Å². The second-order valence-electron chi connectivity index (χ2n) is 4.38. The molecule has 1 unspecified atom stereocenters. The number of aliphatic hydroxyl groups is 1. The van der Waals surface area contributed by atoms with E-state index in [4.69, 9.17) is 27.6 Å². The molecule has 0 spiro atoms. The van der Waals surface area contributed by atoms with E-state index in [2.05, 4.69) is 15.9 Å². The molecule has 1 heterocycles. The van der Waals surface area contributed by atoms with E-state index in [0.717, 1.165) is 9.86 Å². The topological polar surface area (TPSA) is 33.4 Å². The number of hydrogen-bond acceptors (Lipinski definition) is 2. The zero-order valence-electron chi connectivity index (χ0n) is 10.1. The SMILES string of the molecule is OC(c1ccc(Cl)c(Br)c1)c1cc2cccc(Cl)c2o1. The quantitative estimate of drug-likeness (QED) is 0.637. The molecule has 0 bridgehead atoms. The molecule has 0 saturated carbocycles. The number of halogens is 3. The van der Waals surface area contributed by atoms with E-state index in [1.165, 1.54) is 0 Å². The van der Waals surface area contributed by atoms with Crippen LogP contribution in [-0.2, 0) is 0 Å². The van der Waals surface area contributed by atoms with E-state index in [9.17, 15) is 5.11 Å². The predicted octanol–water partition coefficient (Wildman–Crippen LogP) is 5.58. The first-order valence-electron chi connectivity index (χ1n) is 5.87. The molecular formula is C15H9BrCl2O2. The first-order chi connectivity index (χ1) is 9.56. The molecule has 5 heteroatoms. The summed E-state index contributed by atoms with van der Waals surface area (Å²) in [6, 6.07) is 12.5. The molecule has 0 aliphatic rings. The maximum absolute atomic E-state index is 10.4. The smallest absolute Gasteiger partial charge is 0.153 e. The Morgan fingerprint density at radius 3 is 2.55 bits per heavy atom. The fraction of sp³-hybridized carbons (Fsp3) is 0.0667. The largest absolute Gasteiger partial charge is 0.456 e. The minimum atomic E-state index is -0.868. The van der Waals surface area contributed by atoms with Gasteiger partial charge >= 0.3 is 0 Å². The highest BCUT2D eigenvalue weighted by molar-refractivity contribution is 9.10. The summed E-state index contributed by atoms with van der Waals surface area (Å²) in [6.07, 6.45) is -0.868. The van der Waals surface area contributed by atoms with Gasteiger partial charge in [0.05, 0.1) is 10.0 Å². The van der Waals surface area contributed by atoms with Crippen LogP contribution < -0.4 is 0 Å². The molecule has 0 aliphatic heterocycles. The van der Waals surface area contributed by atoms with Gasteiger partial charge in [0.15, 0.2) is 5.58 Å². The molecule has 0 radical (unpaired) electrons. The predicted molar refractivity (Wildman–Crippen MR) is 84.4 cm³/mol. The van der Waals surface area contributed by atoms with Gasteiger partial charge in [-0.25, -0.2) is 0 Å². The molecule has 0 amide bonds. The van der Waals surface area contributed by atoms with Crippen molar-refractivity contribution in [2.75, 3.05) is 0 Å². The second kappa shape index (κ2) is 5.41. The minimum Gasteiger partial charge on any atom is -0.456 e. The Hall–Kier alpha value is -1.00. The van der Waals surface area contributed by atoms with Gasteiger partial charge in [-0.2, -0.15) is 0 Å². The van der Waals surface area contributed by atoms with Crippen LogP contribution in [0.15, 0.2) is 51.4 Å². The molecule has 2 nitrogen and oxygen atoms in total. The van der Waals surface area contributed by atoms with Crippen molar-refractivity contribution in [3.8, 4) is 0 Å². The molecule has 2 aromatic carbocycles. The van der Waals surface area contributed by atoms with Crippen LogP contribution in [0.5, 0.6) is 0 Å². The van der Waals surface area contributed by atoms with Gasteiger partial charge in [-0.3, -0.25) is 0 Å². The van der Waals surface area contributed by atoms with Gasteiger partial charge in [-0.05, 0) is 45.8 Å². The normalized spacial score (nSPS) is 12.8. The van der Waals surface area contributed by atoms with Crippen LogP contribution in [-0.4, -0.2) is 5.11 Å². The number of aliphatic hydroxyl groups excluding tert-OH is 1. The third-order valence-electron chi connectivity index (χ3n) is 3.04. The van der Waals surface area contributed by atoms with Gasteiger partial charge < -0.3 is 9.52 Å². The number of furan rings is 1. The van der Waals surface area contributed by atoms with Gasteiger partial charge in [-0.1, -0.05) is 41.4 Å². The van der Waals surface area contributed by atoms with Crippen molar-refractivity contribution >= 4 is 50.1 Å². The molecule has 3 aromatic rings.